The summed E-state index contributed by atoms with van der Waals surface area (Å²) in [4.78, 5) is 1.33. The Hall–Kier alpha value is -0.420. The van der Waals surface area contributed by atoms with Gasteiger partial charge in [-0.2, -0.15) is 0 Å². The normalized spacial score (nSPS) is 14.9. The quantitative estimate of drug-likeness (QED) is 0.682. The van der Waals surface area contributed by atoms with E-state index in [0.29, 0.717) is 13.2 Å². The van der Waals surface area contributed by atoms with E-state index in [0.717, 1.165) is 19.4 Å². The minimum Gasteiger partial charge on any atom is -0.389 e. The van der Waals surface area contributed by atoms with Crippen molar-refractivity contribution in [3.05, 3.63) is 22.4 Å². The molecular formula is C12H21NO2S. The first-order chi connectivity index (χ1) is 7.64. The predicted octanol–water partition coefficient (Wildman–Crippen LogP) is 1.67. The Bertz CT molecular complexity index is 273. The molecule has 0 aliphatic carbocycles. The van der Waals surface area contributed by atoms with Crippen LogP contribution < -0.4 is 5.32 Å². The summed E-state index contributed by atoms with van der Waals surface area (Å²) < 4.78 is 4.93. The third kappa shape index (κ3) is 5.61. The van der Waals surface area contributed by atoms with Gasteiger partial charge in [-0.25, -0.2) is 0 Å². The number of nitrogens with one attached hydrogen (secondary N) is 1. The van der Waals surface area contributed by atoms with E-state index in [-0.39, 0.29) is 0 Å². The molecular weight excluding hydrogens is 222 g/mol. The molecule has 16 heavy (non-hydrogen) atoms. The van der Waals surface area contributed by atoms with Gasteiger partial charge in [0.1, 0.15) is 0 Å². The second kappa shape index (κ2) is 7.01. The number of ether oxygens (including phenoxy) is 1. The summed E-state index contributed by atoms with van der Waals surface area (Å²) in [6, 6.07) is 4.16. The standard InChI is InChI=1S/C12H21NO2S/c1-12(14,10-13-7-8-15-2)6-5-11-4-3-9-16-11/h3-4,9,13-14H,5-8,10H2,1-2H3. The van der Waals surface area contributed by atoms with Gasteiger partial charge in [-0.15, -0.1) is 11.3 Å². The molecule has 0 saturated carbocycles. The molecule has 0 bridgehead atoms. The van der Waals surface area contributed by atoms with Gasteiger partial charge in [0.05, 0.1) is 12.2 Å². The van der Waals surface area contributed by atoms with E-state index < -0.39 is 5.60 Å². The van der Waals surface area contributed by atoms with Gasteiger partial charge in [-0.1, -0.05) is 6.07 Å². The first kappa shape index (κ1) is 13.6. The van der Waals surface area contributed by atoms with Crippen LogP contribution in [-0.4, -0.2) is 37.5 Å². The van der Waals surface area contributed by atoms with Crippen LogP contribution in [-0.2, 0) is 11.2 Å². The van der Waals surface area contributed by atoms with Gasteiger partial charge < -0.3 is 15.2 Å². The van der Waals surface area contributed by atoms with Crippen molar-refractivity contribution in [3.63, 3.8) is 0 Å². The van der Waals surface area contributed by atoms with Crippen molar-refractivity contribution in [2.45, 2.75) is 25.4 Å². The number of rotatable bonds is 8. The zero-order chi connectivity index (χ0) is 11.9. The minimum absolute atomic E-state index is 0.613. The molecule has 3 nitrogen and oxygen atoms in total. The van der Waals surface area contributed by atoms with Crippen LogP contribution in [0.5, 0.6) is 0 Å². The molecule has 1 heterocycles. The summed E-state index contributed by atoms with van der Waals surface area (Å²) in [6.07, 6.45) is 1.73. The number of hydrogen-bond donors (Lipinski definition) is 2. The molecule has 1 aromatic rings. The number of thiophene rings is 1. The second-order valence-corrected chi connectivity index (χ2v) is 5.28. The summed E-state index contributed by atoms with van der Waals surface area (Å²) in [5.41, 5.74) is -0.641. The lowest BCUT2D eigenvalue weighted by atomic mass is 10.00. The monoisotopic (exact) mass is 243 g/mol. The number of methoxy groups -OCH3 is 1. The SMILES string of the molecule is COCCNCC(C)(O)CCc1cccs1. The van der Waals surface area contributed by atoms with Crippen molar-refractivity contribution in [1.82, 2.24) is 5.32 Å². The number of aliphatic hydroxyl groups is 1. The molecule has 0 spiro atoms. The Kier molecular flexibility index (Phi) is 5.98. The van der Waals surface area contributed by atoms with Crippen LogP contribution in [0.4, 0.5) is 0 Å². The average molecular weight is 243 g/mol. The van der Waals surface area contributed by atoms with Crippen LogP contribution in [0.1, 0.15) is 18.2 Å². The second-order valence-electron chi connectivity index (χ2n) is 4.25. The van der Waals surface area contributed by atoms with Crippen LogP contribution in [0.2, 0.25) is 0 Å². The molecule has 0 amide bonds. The largest absolute Gasteiger partial charge is 0.389 e. The smallest absolute Gasteiger partial charge is 0.0747 e. The Morgan fingerprint density at radius 1 is 1.56 bits per heavy atom. The van der Waals surface area contributed by atoms with Gasteiger partial charge in [0.2, 0.25) is 0 Å². The third-order valence-electron chi connectivity index (χ3n) is 2.48. The number of aryl methyl sites for hydroxylation is 1. The van der Waals surface area contributed by atoms with Gasteiger partial charge in [-0.3, -0.25) is 0 Å². The highest BCUT2D eigenvalue weighted by Crippen LogP contribution is 2.16. The molecule has 0 aromatic carbocycles. The van der Waals surface area contributed by atoms with Crippen LogP contribution in [0.3, 0.4) is 0 Å². The number of hydrogen-bond acceptors (Lipinski definition) is 4. The van der Waals surface area contributed by atoms with Crippen LogP contribution in [0, 0.1) is 0 Å². The zero-order valence-corrected chi connectivity index (χ0v) is 10.8. The van der Waals surface area contributed by atoms with E-state index in [1.807, 2.05) is 13.0 Å². The maximum Gasteiger partial charge on any atom is 0.0747 e. The van der Waals surface area contributed by atoms with Crippen LogP contribution >= 0.6 is 11.3 Å². The van der Waals surface area contributed by atoms with Gasteiger partial charge in [-0.05, 0) is 31.2 Å². The van der Waals surface area contributed by atoms with Crippen molar-refractivity contribution < 1.29 is 9.84 Å². The van der Waals surface area contributed by atoms with Crippen molar-refractivity contribution >= 4 is 11.3 Å². The minimum atomic E-state index is -0.641. The lowest BCUT2D eigenvalue weighted by Crippen LogP contribution is -2.39. The Morgan fingerprint density at radius 3 is 3.00 bits per heavy atom. The van der Waals surface area contributed by atoms with Crippen molar-refractivity contribution in [2.75, 3.05) is 26.8 Å². The van der Waals surface area contributed by atoms with Gasteiger partial charge in [0.15, 0.2) is 0 Å². The topological polar surface area (TPSA) is 41.5 Å². The van der Waals surface area contributed by atoms with Crippen molar-refractivity contribution in [3.8, 4) is 0 Å². The average Bonchev–Trinajstić information content (AvgIpc) is 2.75. The first-order valence-corrected chi connectivity index (χ1v) is 6.46. The van der Waals surface area contributed by atoms with E-state index in [9.17, 15) is 5.11 Å². The Morgan fingerprint density at radius 2 is 2.38 bits per heavy atom. The Balaban J connectivity index is 2.17. The fourth-order valence-electron chi connectivity index (χ4n) is 1.47. The highest BCUT2D eigenvalue weighted by atomic mass is 32.1. The van der Waals surface area contributed by atoms with E-state index in [1.165, 1.54) is 4.88 Å². The highest BCUT2D eigenvalue weighted by molar-refractivity contribution is 7.09. The summed E-state index contributed by atoms with van der Waals surface area (Å²) in [5.74, 6) is 0. The molecule has 92 valence electrons. The Labute approximate surface area is 101 Å². The summed E-state index contributed by atoms with van der Waals surface area (Å²) in [6.45, 7) is 3.95. The molecule has 1 unspecified atom stereocenters. The molecule has 0 fully saturated rings. The third-order valence-corrected chi connectivity index (χ3v) is 3.42. The molecule has 1 rings (SSSR count). The van der Waals surface area contributed by atoms with Crippen LogP contribution in [0.15, 0.2) is 17.5 Å². The summed E-state index contributed by atoms with van der Waals surface area (Å²) >= 11 is 1.74. The molecule has 0 aliphatic rings. The van der Waals surface area contributed by atoms with Crippen molar-refractivity contribution in [1.29, 1.82) is 0 Å². The maximum absolute atomic E-state index is 10.1. The zero-order valence-electron chi connectivity index (χ0n) is 10.0. The van der Waals surface area contributed by atoms with E-state index >= 15 is 0 Å². The van der Waals surface area contributed by atoms with Gasteiger partial charge in [0.25, 0.3) is 0 Å². The highest BCUT2D eigenvalue weighted by Gasteiger charge is 2.19. The fourth-order valence-corrected chi connectivity index (χ4v) is 2.18. The molecule has 0 saturated heterocycles. The van der Waals surface area contributed by atoms with Crippen molar-refractivity contribution in [2.24, 2.45) is 0 Å². The predicted molar refractivity (Wildman–Crippen MR) is 68.0 cm³/mol. The van der Waals surface area contributed by atoms with E-state index in [2.05, 4.69) is 16.8 Å². The first-order valence-electron chi connectivity index (χ1n) is 5.58. The molecule has 4 heteroatoms. The van der Waals surface area contributed by atoms with E-state index in [4.69, 9.17) is 4.74 Å². The molecule has 1 aromatic heterocycles. The molecule has 1 atom stereocenters. The van der Waals surface area contributed by atoms with E-state index in [1.54, 1.807) is 18.4 Å². The summed E-state index contributed by atoms with van der Waals surface area (Å²) in [5, 5.41) is 15.4. The molecule has 2 N–H and O–H groups in total. The fraction of sp³-hybridized carbons (Fsp3) is 0.667. The molecule has 0 aliphatic heterocycles. The molecule has 0 radical (unpaired) electrons. The lowest BCUT2D eigenvalue weighted by molar-refractivity contribution is 0.0495. The van der Waals surface area contributed by atoms with Gasteiger partial charge >= 0.3 is 0 Å². The maximum atomic E-state index is 10.1. The van der Waals surface area contributed by atoms with Crippen LogP contribution in [0.25, 0.3) is 0 Å². The lowest BCUT2D eigenvalue weighted by Gasteiger charge is -2.23. The van der Waals surface area contributed by atoms with Gasteiger partial charge in [0, 0.05) is 25.1 Å². The summed E-state index contributed by atoms with van der Waals surface area (Å²) in [7, 11) is 1.68.